The Morgan fingerprint density at radius 3 is 2.73 bits per heavy atom. The summed E-state index contributed by atoms with van der Waals surface area (Å²) in [5, 5.41) is 13.0. The van der Waals surface area contributed by atoms with Crippen LogP contribution in [0.15, 0.2) is 83.5 Å². The Kier molecular flexibility index (Phi) is 5.21. The number of hydrogen-bond donors (Lipinski definition) is 0. The van der Waals surface area contributed by atoms with Crippen molar-refractivity contribution in [1.29, 1.82) is 0 Å². The van der Waals surface area contributed by atoms with E-state index < -0.39 is 0 Å². The highest BCUT2D eigenvalue weighted by molar-refractivity contribution is 7.98. The lowest BCUT2D eigenvalue weighted by Crippen LogP contribution is -2.02. The number of ether oxygens (including phenoxy) is 1. The molecule has 0 radical (unpaired) electrons. The Morgan fingerprint density at radius 1 is 0.967 bits per heavy atom. The first-order valence-electron chi connectivity index (χ1n) is 9.43. The molecule has 0 aliphatic carbocycles. The molecular formula is C23H18N4OS2. The summed E-state index contributed by atoms with van der Waals surface area (Å²) in [6.45, 7) is 0. The third-order valence-corrected chi connectivity index (χ3v) is 6.62. The summed E-state index contributed by atoms with van der Waals surface area (Å²) in [4.78, 5) is 5.63. The number of methoxy groups -OCH3 is 1. The monoisotopic (exact) mass is 430 g/mol. The van der Waals surface area contributed by atoms with Crippen LogP contribution in [-0.2, 0) is 5.75 Å². The van der Waals surface area contributed by atoms with Crippen LogP contribution in [0.5, 0.6) is 5.75 Å². The number of hydrogen-bond acceptors (Lipinski definition) is 6. The molecule has 0 spiro atoms. The van der Waals surface area contributed by atoms with Crippen LogP contribution in [-0.4, -0.2) is 26.9 Å². The van der Waals surface area contributed by atoms with Gasteiger partial charge in [0.1, 0.15) is 5.75 Å². The fourth-order valence-electron chi connectivity index (χ4n) is 3.39. The number of pyridine rings is 1. The van der Waals surface area contributed by atoms with Gasteiger partial charge in [-0.05, 0) is 35.2 Å². The quantitative estimate of drug-likeness (QED) is 0.317. The van der Waals surface area contributed by atoms with Crippen molar-refractivity contribution in [3.63, 3.8) is 0 Å². The lowest BCUT2D eigenvalue weighted by Gasteiger charge is -2.13. The van der Waals surface area contributed by atoms with Crippen LogP contribution in [0.3, 0.4) is 0 Å². The molecule has 0 atom stereocenters. The molecule has 0 saturated heterocycles. The normalized spacial score (nSPS) is 11.1. The number of fused-ring (bicyclic) bond motifs is 1. The summed E-state index contributed by atoms with van der Waals surface area (Å²) in [6, 6.07) is 22.4. The average molecular weight is 431 g/mol. The van der Waals surface area contributed by atoms with Gasteiger partial charge in [-0.15, -0.1) is 21.5 Å². The highest BCUT2D eigenvalue weighted by Crippen LogP contribution is 2.35. The third-order valence-electron chi connectivity index (χ3n) is 4.77. The summed E-state index contributed by atoms with van der Waals surface area (Å²) in [7, 11) is 1.68. The summed E-state index contributed by atoms with van der Waals surface area (Å²) in [6.07, 6.45) is 1.84. The van der Waals surface area contributed by atoms with Gasteiger partial charge in [0.05, 0.1) is 23.2 Å². The van der Waals surface area contributed by atoms with Gasteiger partial charge in [0.2, 0.25) is 0 Å². The van der Waals surface area contributed by atoms with Gasteiger partial charge < -0.3 is 4.74 Å². The van der Waals surface area contributed by atoms with E-state index in [1.165, 1.54) is 5.56 Å². The minimum absolute atomic E-state index is 0.742. The van der Waals surface area contributed by atoms with Crippen LogP contribution in [0.1, 0.15) is 5.56 Å². The van der Waals surface area contributed by atoms with Crippen molar-refractivity contribution < 1.29 is 4.74 Å². The summed E-state index contributed by atoms with van der Waals surface area (Å²) < 4.78 is 7.70. The zero-order valence-corrected chi connectivity index (χ0v) is 17.9. The second-order valence-corrected chi connectivity index (χ2v) is 8.46. The lowest BCUT2D eigenvalue weighted by atomic mass is 10.1. The van der Waals surface area contributed by atoms with E-state index in [9.17, 15) is 0 Å². The fraction of sp³-hybridized carbons (Fsp3) is 0.0870. The molecule has 30 heavy (non-hydrogen) atoms. The molecule has 2 aromatic carbocycles. The molecule has 0 N–H and O–H groups in total. The van der Waals surface area contributed by atoms with E-state index in [1.54, 1.807) is 30.2 Å². The van der Waals surface area contributed by atoms with Crippen molar-refractivity contribution in [2.24, 2.45) is 0 Å². The molecule has 0 fully saturated rings. The summed E-state index contributed by atoms with van der Waals surface area (Å²) in [5.74, 6) is 2.34. The predicted octanol–water partition coefficient (Wildman–Crippen LogP) is 5.84. The van der Waals surface area contributed by atoms with Gasteiger partial charge >= 0.3 is 0 Å². The highest BCUT2D eigenvalue weighted by Gasteiger charge is 2.19. The minimum atomic E-state index is 0.742. The van der Waals surface area contributed by atoms with E-state index in [-0.39, 0.29) is 0 Å². The van der Waals surface area contributed by atoms with E-state index in [1.807, 2.05) is 48.0 Å². The van der Waals surface area contributed by atoms with Crippen LogP contribution >= 0.6 is 23.1 Å². The van der Waals surface area contributed by atoms with Crippen LogP contribution in [0.4, 0.5) is 0 Å². The number of thioether (sulfide) groups is 1. The van der Waals surface area contributed by atoms with Gasteiger partial charge in [-0.2, -0.15) is 0 Å². The highest BCUT2D eigenvalue weighted by atomic mass is 32.2. The van der Waals surface area contributed by atoms with Crippen LogP contribution < -0.4 is 4.74 Å². The SMILES string of the molecule is COc1ccccc1-n1c(SCc2cccc3cccnc23)nnc1-c1cccs1. The van der Waals surface area contributed by atoms with Crippen molar-refractivity contribution in [3.05, 3.63) is 83.9 Å². The van der Waals surface area contributed by atoms with Crippen LogP contribution in [0, 0.1) is 0 Å². The molecule has 0 bridgehead atoms. The molecule has 0 unspecified atom stereocenters. The molecule has 3 aromatic heterocycles. The predicted molar refractivity (Wildman–Crippen MR) is 123 cm³/mol. The molecule has 5 nitrogen and oxygen atoms in total. The lowest BCUT2D eigenvalue weighted by molar-refractivity contribution is 0.412. The van der Waals surface area contributed by atoms with Gasteiger partial charge in [0, 0.05) is 17.3 Å². The Bertz CT molecular complexity index is 1290. The molecule has 0 aliphatic rings. The van der Waals surface area contributed by atoms with Crippen molar-refractivity contribution >= 4 is 34.0 Å². The van der Waals surface area contributed by atoms with E-state index in [4.69, 9.17) is 4.74 Å². The number of rotatable bonds is 6. The smallest absolute Gasteiger partial charge is 0.196 e. The first-order chi connectivity index (χ1) is 14.8. The van der Waals surface area contributed by atoms with E-state index in [2.05, 4.69) is 50.1 Å². The second kappa shape index (κ2) is 8.30. The zero-order chi connectivity index (χ0) is 20.3. The molecule has 3 heterocycles. The van der Waals surface area contributed by atoms with Gasteiger partial charge in [-0.25, -0.2) is 0 Å². The van der Waals surface area contributed by atoms with Crippen molar-refractivity contribution in [1.82, 2.24) is 19.7 Å². The standard InChI is InChI=1S/C23H18N4OS2/c1-28-19-11-3-2-10-18(19)27-22(20-12-6-14-29-20)25-26-23(27)30-15-17-8-4-7-16-9-5-13-24-21(16)17/h2-14H,15H2,1H3. The average Bonchev–Trinajstić information content (AvgIpc) is 3.47. The van der Waals surface area contributed by atoms with Crippen molar-refractivity contribution in [2.75, 3.05) is 7.11 Å². The van der Waals surface area contributed by atoms with Gasteiger partial charge in [0.25, 0.3) is 0 Å². The van der Waals surface area contributed by atoms with E-state index in [0.29, 0.717) is 0 Å². The number of benzene rings is 2. The van der Waals surface area contributed by atoms with Gasteiger partial charge in [-0.1, -0.05) is 54.2 Å². The first kappa shape index (κ1) is 18.8. The Labute approximate surface area is 182 Å². The number of para-hydroxylation sites is 3. The van der Waals surface area contributed by atoms with Gasteiger partial charge in [0.15, 0.2) is 11.0 Å². The van der Waals surface area contributed by atoms with Crippen LogP contribution in [0.2, 0.25) is 0 Å². The molecule has 7 heteroatoms. The number of aromatic nitrogens is 4. The topological polar surface area (TPSA) is 52.8 Å². The first-order valence-corrected chi connectivity index (χ1v) is 11.3. The van der Waals surface area contributed by atoms with Crippen molar-refractivity contribution in [2.45, 2.75) is 10.9 Å². The molecule has 5 aromatic rings. The Morgan fingerprint density at radius 2 is 1.87 bits per heavy atom. The Balaban J connectivity index is 1.57. The molecule has 148 valence electrons. The van der Waals surface area contributed by atoms with E-state index in [0.717, 1.165) is 44.0 Å². The molecule has 0 aliphatic heterocycles. The van der Waals surface area contributed by atoms with Crippen LogP contribution in [0.25, 0.3) is 27.3 Å². The summed E-state index contributed by atoms with van der Waals surface area (Å²) in [5.41, 5.74) is 3.12. The maximum atomic E-state index is 5.62. The second-order valence-electron chi connectivity index (χ2n) is 6.57. The largest absolute Gasteiger partial charge is 0.495 e. The molecular weight excluding hydrogens is 412 g/mol. The fourth-order valence-corrected chi connectivity index (χ4v) is 5.02. The zero-order valence-electron chi connectivity index (χ0n) is 16.2. The maximum Gasteiger partial charge on any atom is 0.196 e. The third kappa shape index (κ3) is 3.46. The number of thiophene rings is 1. The number of nitrogens with zero attached hydrogens (tertiary/aromatic N) is 4. The Hall–Kier alpha value is -3.16. The van der Waals surface area contributed by atoms with Gasteiger partial charge in [-0.3, -0.25) is 9.55 Å². The summed E-state index contributed by atoms with van der Waals surface area (Å²) >= 11 is 3.29. The van der Waals surface area contributed by atoms with Crippen molar-refractivity contribution in [3.8, 4) is 22.1 Å². The molecule has 0 amide bonds. The van der Waals surface area contributed by atoms with E-state index >= 15 is 0 Å². The molecule has 5 rings (SSSR count). The minimum Gasteiger partial charge on any atom is -0.495 e. The maximum absolute atomic E-state index is 5.62. The molecule has 0 saturated carbocycles.